The largest absolute Gasteiger partial charge is 0.494 e. The number of allylic oxidation sites excluding steroid dienone is 1. The highest BCUT2D eigenvalue weighted by Gasteiger charge is 2.19. The van der Waals surface area contributed by atoms with Crippen molar-refractivity contribution in [2.45, 2.75) is 19.4 Å². The van der Waals surface area contributed by atoms with E-state index in [0.29, 0.717) is 6.10 Å². The summed E-state index contributed by atoms with van der Waals surface area (Å²) in [5.74, 6) is 0.834. The zero-order chi connectivity index (χ0) is 7.56. The number of likely N-dealkylation sites (tertiary alicyclic amines) is 1. The predicted octanol–water partition coefficient (Wildman–Crippen LogP) is 1.24. The van der Waals surface area contributed by atoms with Gasteiger partial charge in [0.15, 0.2) is 0 Å². The summed E-state index contributed by atoms with van der Waals surface area (Å²) in [6.45, 7) is 7.80. The Hall–Kier alpha value is -0.500. The van der Waals surface area contributed by atoms with Gasteiger partial charge in [-0.05, 0) is 20.4 Å². The summed E-state index contributed by atoms with van der Waals surface area (Å²) < 4.78 is 5.45. The van der Waals surface area contributed by atoms with E-state index < -0.39 is 0 Å². The van der Waals surface area contributed by atoms with E-state index in [9.17, 15) is 0 Å². The minimum absolute atomic E-state index is 0.391. The lowest BCUT2D eigenvalue weighted by atomic mass is 10.3. The molecule has 1 fully saturated rings. The van der Waals surface area contributed by atoms with Crippen molar-refractivity contribution in [1.29, 1.82) is 0 Å². The maximum Gasteiger partial charge on any atom is 0.112 e. The van der Waals surface area contributed by atoms with Crippen LogP contribution in [0.4, 0.5) is 0 Å². The quantitative estimate of drug-likeness (QED) is 0.536. The number of ether oxygens (including phenoxy) is 1. The van der Waals surface area contributed by atoms with E-state index >= 15 is 0 Å². The van der Waals surface area contributed by atoms with Crippen LogP contribution in [0.15, 0.2) is 12.3 Å². The molecule has 2 nitrogen and oxygen atoms in total. The first-order chi connectivity index (χ1) is 4.68. The molecule has 0 aromatic carbocycles. The molecule has 0 bridgehead atoms. The first-order valence-electron chi connectivity index (χ1n) is 3.69. The van der Waals surface area contributed by atoms with Crippen LogP contribution in [0.1, 0.15) is 13.3 Å². The number of hydrogen-bond donors (Lipinski definition) is 0. The third-order valence-electron chi connectivity index (χ3n) is 1.72. The van der Waals surface area contributed by atoms with Crippen LogP contribution in [0.5, 0.6) is 0 Å². The van der Waals surface area contributed by atoms with Crippen molar-refractivity contribution in [2.24, 2.45) is 0 Å². The highest BCUT2D eigenvalue weighted by atomic mass is 16.5. The van der Waals surface area contributed by atoms with Crippen molar-refractivity contribution in [2.75, 3.05) is 20.1 Å². The second kappa shape index (κ2) is 3.06. The van der Waals surface area contributed by atoms with Gasteiger partial charge in [0.1, 0.15) is 6.10 Å². The second-order valence-electron chi connectivity index (χ2n) is 2.99. The summed E-state index contributed by atoms with van der Waals surface area (Å²) in [6, 6.07) is 0. The lowest BCUT2D eigenvalue weighted by molar-refractivity contribution is 0.126. The van der Waals surface area contributed by atoms with Crippen molar-refractivity contribution in [1.82, 2.24) is 4.90 Å². The Bertz CT molecular complexity index is 133. The lowest BCUT2D eigenvalue weighted by Gasteiger charge is -2.12. The third-order valence-corrected chi connectivity index (χ3v) is 1.72. The Morgan fingerprint density at radius 3 is 2.80 bits per heavy atom. The fraction of sp³-hybridized carbons (Fsp3) is 0.750. The zero-order valence-electron chi connectivity index (χ0n) is 6.76. The highest BCUT2D eigenvalue weighted by Crippen LogP contribution is 2.12. The Morgan fingerprint density at radius 1 is 1.70 bits per heavy atom. The average Bonchev–Trinajstić information content (AvgIpc) is 2.13. The van der Waals surface area contributed by atoms with Crippen molar-refractivity contribution < 1.29 is 4.74 Å². The zero-order valence-corrected chi connectivity index (χ0v) is 6.76. The maximum absolute atomic E-state index is 5.45. The van der Waals surface area contributed by atoms with Gasteiger partial charge in [-0.15, -0.1) is 0 Å². The minimum atomic E-state index is 0.391. The molecule has 1 unspecified atom stereocenters. The van der Waals surface area contributed by atoms with Crippen LogP contribution < -0.4 is 0 Å². The van der Waals surface area contributed by atoms with E-state index in [0.717, 1.165) is 25.3 Å². The van der Waals surface area contributed by atoms with E-state index in [1.807, 2.05) is 6.92 Å². The molecule has 1 rings (SSSR count). The van der Waals surface area contributed by atoms with Crippen molar-refractivity contribution in [3.05, 3.63) is 12.3 Å². The van der Waals surface area contributed by atoms with Gasteiger partial charge in [-0.2, -0.15) is 0 Å². The van der Waals surface area contributed by atoms with Gasteiger partial charge in [0, 0.05) is 13.1 Å². The van der Waals surface area contributed by atoms with Gasteiger partial charge in [-0.25, -0.2) is 0 Å². The molecular formula is C8H15NO. The Morgan fingerprint density at radius 2 is 2.40 bits per heavy atom. The molecule has 0 radical (unpaired) electrons. The van der Waals surface area contributed by atoms with Gasteiger partial charge in [-0.3, -0.25) is 0 Å². The standard InChI is InChI=1S/C8H15NO/c1-7(2)10-8-4-5-9(3)6-8/h8H,1,4-6H2,2-3H3. The Labute approximate surface area is 62.5 Å². The molecule has 10 heavy (non-hydrogen) atoms. The summed E-state index contributed by atoms with van der Waals surface area (Å²) in [5.41, 5.74) is 0. The third kappa shape index (κ3) is 2.03. The summed E-state index contributed by atoms with van der Waals surface area (Å²) in [7, 11) is 2.11. The second-order valence-corrected chi connectivity index (χ2v) is 2.99. The molecular weight excluding hydrogens is 126 g/mol. The van der Waals surface area contributed by atoms with Crippen molar-refractivity contribution >= 4 is 0 Å². The van der Waals surface area contributed by atoms with Gasteiger partial charge in [0.2, 0.25) is 0 Å². The van der Waals surface area contributed by atoms with Gasteiger partial charge in [0.25, 0.3) is 0 Å². The molecule has 0 spiro atoms. The molecule has 0 saturated carbocycles. The van der Waals surface area contributed by atoms with Crippen LogP contribution in [0.25, 0.3) is 0 Å². The number of rotatable bonds is 2. The predicted molar refractivity (Wildman–Crippen MR) is 41.8 cm³/mol. The topological polar surface area (TPSA) is 12.5 Å². The fourth-order valence-electron chi connectivity index (χ4n) is 1.28. The molecule has 1 atom stereocenters. The van der Waals surface area contributed by atoms with Crippen LogP contribution in [0.3, 0.4) is 0 Å². The SMILES string of the molecule is C=C(C)OC1CCN(C)C1. The van der Waals surface area contributed by atoms with E-state index in [1.54, 1.807) is 0 Å². The van der Waals surface area contributed by atoms with Gasteiger partial charge in [0.05, 0.1) is 5.76 Å². The van der Waals surface area contributed by atoms with Crippen molar-refractivity contribution in [3.8, 4) is 0 Å². The summed E-state index contributed by atoms with van der Waals surface area (Å²) in [5, 5.41) is 0. The smallest absolute Gasteiger partial charge is 0.112 e. The molecule has 58 valence electrons. The molecule has 1 saturated heterocycles. The highest BCUT2D eigenvalue weighted by molar-refractivity contribution is 4.81. The summed E-state index contributed by atoms with van der Waals surface area (Å²) in [6.07, 6.45) is 1.53. The fourth-order valence-corrected chi connectivity index (χ4v) is 1.28. The maximum atomic E-state index is 5.45. The monoisotopic (exact) mass is 141 g/mol. The summed E-state index contributed by atoms with van der Waals surface area (Å²) in [4.78, 5) is 2.27. The first-order valence-corrected chi connectivity index (χ1v) is 3.69. The number of likely N-dealkylation sites (N-methyl/N-ethyl adjacent to an activating group) is 1. The number of hydrogen-bond acceptors (Lipinski definition) is 2. The summed E-state index contributed by atoms with van der Waals surface area (Å²) >= 11 is 0. The molecule has 2 heteroatoms. The number of nitrogens with zero attached hydrogens (tertiary/aromatic N) is 1. The van der Waals surface area contributed by atoms with Crippen LogP contribution >= 0.6 is 0 Å². The van der Waals surface area contributed by atoms with Crippen molar-refractivity contribution in [3.63, 3.8) is 0 Å². The molecule has 0 amide bonds. The molecule has 1 heterocycles. The molecule has 0 aromatic heterocycles. The van der Waals surface area contributed by atoms with E-state index in [4.69, 9.17) is 4.74 Å². The van der Waals surface area contributed by atoms with Crippen LogP contribution in [0, 0.1) is 0 Å². The normalized spacial score (nSPS) is 26.8. The van der Waals surface area contributed by atoms with Crippen LogP contribution in [0.2, 0.25) is 0 Å². The first kappa shape index (κ1) is 7.61. The molecule has 0 aromatic rings. The Balaban J connectivity index is 2.24. The van der Waals surface area contributed by atoms with Gasteiger partial charge < -0.3 is 9.64 Å². The van der Waals surface area contributed by atoms with Gasteiger partial charge >= 0.3 is 0 Å². The van der Waals surface area contributed by atoms with Crippen LogP contribution in [-0.2, 0) is 4.74 Å². The molecule has 0 N–H and O–H groups in total. The molecule has 0 aliphatic carbocycles. The Kier molecular flexibility index (Phi) is 2.33. The average molecular weight is 141 g/mol. The van der Waals surface area contributed by atoms with E-state index in [2.05, 4.69) is 18.5 Å². The molecule has 1 aliphatic heterocycles. The minimum Gasteiger partial charge on any atom is -0.494 e. The van der Waals surface area contributed by atoms with E-state index in [-0.39, 0.29) is 0 Å². The van der Waals surface area contributed by atoms with Crippen LogP contribution in [-0.4, -0.2) is 31.1 Å². The van der Waals surface area contributed by atoms with Gasteiger partial charge in [-0.1, -0.05) is 6.58 Å². The van der Waals surface area contributed by atoms with E-state index in [1.165, 1.54) is 0 Å². The lowest BCUT2D eigenvalue weighted by Crippen LogP contribution is -2.18. The molecule has 1 aliphatic rings.